The molecule has 0 bridgehead atoms. The Bertz CT molecular complexity index is 747. The summed E-state index contributed by atoms with van der Waals surface area (Å²) in [5.41, 5.74) is 8.81. The zero-order valence-corrected chi connectivity index (χ0v) is 14.0. The molecule has 0 spiro atoms. The van der Waals surface area contributed by atoms with Gasteiger partial charge in [-0.2, -0.15) is 0 Å². The van der Waals surface area contributed by atoms with Crippen molar-refractivity contribution in [1.82, 2.24) is 0 Å². The summed E-state index contributed by atoms with van der Waals surface area (Å²) in [5, 5.41) is 3.48. The third-order valence-corrected chi connectivity index (χ3v) is 5.42. The summed E-state index contributed by atoms with van der Waals surface area (Å²) in [6.45, 7) is 1.98. The highest BCUT2D eigenvalue weighted by atomic mass is 32.1. The van der Waals surface area contributed by atoms with Crippen LogP contribution in [0.3, 0.4) is 0 Å². The number of aryl methyl sites for hydroxylation is 2. The molecular weight excluding hydrogens is 308 g/mol. The van der Waals surface area contributed by atoms with E-state index in [-0.39, 0.29) is 5.91 Å². The summed E-state index contributed by atoms with van der Waals surface area (Å²) in [4.78, 5) is 25.5. The van der Waals surface area contributed by atoms with E-state index < -0.39 is 5.91 Å². The molecule has 1 aromatic carbocycles. The quantitative estimate of drug-likeness (QED) is 0.844. The number of carbonyl (C=O) groups is 2. The molecule has 1 aromatic heterocycles. The molecule has 0 aliphatic heterocycles. The number of thiophene rings is 1. The van der Waals surface area contributed by atoms with Crippen LogP contribution in [0.4, 0.5) is 5.00 Å². The Kier molecular flexibility index (Phi) is 4.48. The maximum absolute atomic E-state index is 12.4. The average Bonchev–Trinajstić information content (AvgIpc) is 2.69. The Labute approximate surface area is 139 Å². The molecule has 2 aromatic rings. The molecule has 5 heteroatoms. The third-order valence-electron chi connectivity index (χ3n) is 4.21. The Morgan fingerprint density at radius 3 is 2.48 bits per heavy atom. The number of nitrogens with two attached hydrogens (primary N) is 1. The van der Waals surface area contributed by atoms with Crippen LogP contribution in [0.5, 0.6) is 0 Å². The van der Waals surface area contributed by atoms with Crippen LogP contribution < -0.4 is 11.1 Å². The third kappa shape index (κ3) is 3.29. The second-order valence-electron chi connectivity index (χ2n) is 5.95. The molecule has 3 N–H and O–H groups in total. The van der Waals surface area contributed by atoms with Crippen molar-refractivity contribution < 1.29 is 9.59 Å². The topological polar surface area (TPSA) is 72.2 Å². The summed E-state index contributed by atoms with van der Waals surface area (Å²) in [5.74, 6) is -0.660. The minimum absolute atomic E-state index is 0.205. The number of hydrogen-bond donors (Lipinski definition) is 2. The van der Waals surface area contributed by atoms with Crippen molar-refractivity contribution in [3.05, 3.63) is 51.4 Å². The maximum atomic E-state index is 12.4. The summed E-state index contributed by atoms with van der Waals surface area (Å²) >= 11 is 1.50. The van der Waals surface area contributed by atoms with Gasteiger partial charge in [0, 0.05) is 10.4 Å². The van der Waals surface area contributed by atoms with Gasteiger partial charge in [0.2, 0.25) is 0 Å². The highest BCUT2D eigenvalue weighted by Crippen LogP contribution is 2.37. The van der Waals surface area contributed by atoms with Crippen LogP contribution in [-0.4, -0.2) is 11.8 Å². The Hall–Kier alpha value is -2.14. The molecular formula is C18H20N2O2S. The highest BCUT2D eigenvalue weighted by Gasteiger charge is 2.24. The van der Waals surface area contributed by atoms with Crippen LogP contribution in [0, 0.1) is 6.92 Å². The molecule has 0 radical (unpaired) electrons. The smallest absolute Gasteiger partial charge is 0.256 e. The van der Waals surface area contributed by atoms with Gasteiger partial charge in [-0.3, -0.25) is 9.59 Å². The normalized spacial score (nSPS) is 14.0. The number of hydrogen-bond acceptors (Lipinski definition) is 3. The van der Waals surface area contributed by atoms with Crippen LogP contribution in [0.15, 0.2) is 24.3 Å². The van der Waals surface area contributed by atoms with Crippen LogP contribution in [-0.2, 0) is 12.8 Å². The number of anilines is 1. The Morgan fingerprint density at radius 1 is 1.09 bits per heavy atom. The predicted octanol–water partition coefficient (Wildman–Crippen LogP) is 3.68. The van der Waals surface area contributed by atoms with Crippen molar-refractivity contribution in [2.24, 2.45) is 5.73 Å². The van der Waals surface area contributed by atoms with E-state index >= 15 is 0 Å². The lowest BCUT2D eigenvalue weighted by molar-refractivity contribution is 0.100. The predicted molar refractivity (Wildman–Crippen MR) is 93.2 cm³/mol. The van der Waals surface area contributed by atoms with Crippen molar-refractivity contribution >= 4 is 28.2 Å². The zero-order valence-electron chi connectivity index (χ0n) is 13.1. The monoisotopic (exact) mass is 328 g/mol. The fraction of sp³-hybridized carbons (Fsp3) is 0.333. The van der Waals surface area contributed by atoms with Gasteiger partial charge in [0.25, 0.3) is 11.8 Å². The molecule has 2 amide bonds. The van der Waals surface area contributed by atoms with E-state index in [2.05, 4.69) is 5.32 Å². The number of carbonyl (C=O) groups excluding carboxylic acids is 2. The van der Waals surface area contributed by atoms with Crippen molar-refractivity contribution in [3.8, 4) is 0 Å². The van der Waals surface area contributed by atoms with Crippen LogP contribution in [0.25, 0.3) is 0 Å². The van der Waals surface area contributed by atoms with Gasteiger partial charge in [0.1, 0.15) is 5.00 Å². The number of benzene rings is 1. The lowest BCUT2D eigenvalue weighted by atomic mass is 10.1. The van der Waals surface area contributed by atoms with E-state index in [0.717, 1.165) is 36.8 Å². The molecule has 120 valence electrons. The first-order valence-corrected chi connectivity index (χ1v) is 8.70. The lowest BCUT2D eigenvalue weighted by Crippen LogP contribution is -2.18. The second-order valence-corrected chi connectivity index (χ2v) is 7.06. The zero-order chi connectivity index (χ0) is 16.4. The number of rotatable bonds is 3. The summed E-state index contributed by atoms with van der Waals surface area (Å²) in [7, 11) is 0. The molecule has 1 aliphatic rings. The minimum Gasteiger partial charge on any atom is -0.365 e. The fourth-order valence-corrected chi connectivity index (χ4v) is 4.26. The Morgan fingerprint density at radius 2 is 1.78 bits per heavy atom. The van der Waals surface area contributed by atoms with Gasteiger partial charge >= 0.3 is 0 Å². The van der Waals surface area contributed by atoms with Gasteiger partial charge < -0.3 is 11.1 Å². The fourth-order valence-electron chi connectivity index (χ4n) is 2.97. The number of nitrogens with one attached hydrogen (secondary N) is 1. The first-order chi connectivity index (χ1) is 11.1. The lowest BCUT2D eigenvalue weighted by Gasteiger charge is -2.06. The summed E-state index contributed by atoms with van der Waals surface area (Å²) < 4.78 is 0. The van der Waals surface area contributed by atoms with E-state index in [1.165, 1.54) is 22.6 Å². The first-order valence-electron chi connectivity index (χ1n) is 7.88. The molecule has 3 rings (SSSR count). The van der Waals surface area contributed by atoms with E-state index in [1.807, 2.05) is 19.1 Å². The number of amides is 2. The van der Waals surface area contributed by atoms with Gasteiger partial charge in [-0.15, -0.1) is 11.3 Å². The average molecular weight is 328 g/mol. The summed E-state index contributed by atoms with van der Waals surface area (Å²) in [6.07, 6.45) is 5.18. The second kappa shape index (κ2) is 6.54. The molecule has 0 saturated heterocycles. The molecule has 23 heavy (non-hydrogen) atoms. The first kappa shape index (κ1) is 15.7. The highest BCUT2D eigenvalue weighted by molar-refractivity contribution is 7.17. The SMILES string of the molecule is Cc1ccc(C(=O)Nc2sc3c(c2C(N)=O)CCCCC3)cc1. The van der Waals surface area contributed by atoms with Gasteiger partial charge in [-0.25, -0.2) is 0 Å². The van der Waals surface area contributed by atoms with E-state index in [1.54, 1.807) is 12.1 Å². The summed E-state index contributed by atoms with van der Waals surface area (Å²) in [6, 6.07) is 7.36. The molecule has 1 aliphatic carbocycles. The standard InChI is InChI=1S/C18H20N2O2S/c1-11-7-9-12(10-8-11)17(22)20-18-15(16(19)21)13-5-3-2-4-6-14(13)23-18/h7-10H,2-6H2,1H3,(H2,19,21)(H,20,22). The molecule has 4 nitrogen and oxygen atoms in total. The molecule has 0 unspecified atom stereocenters. The van der Waals surface area contributed by atoms with Crippen molar-refractivity contribution in [1.29, 1.82) is 0 Å². The Balaban J connectivity index is 1.92. The molecule has 0 atom stereocenters. The molecule has 1 heterocycles. The van der Waals surface area contributed by atoms with Gasteiger partial charge in [-0.1, -0.05) is 24.1 Å². The van der Waals surface area contributed by atoms with Crippen molar-refractivity contribution in [2.45, 2.75) is 39.0 Å². The maximum Gasteiger partial charge on any atom is 0.256 e. The molecule has 0 fully saturated rings. The van der Waals surface area contributed by atoms with Gasteiger partial charge in [0.15, 0.2) is 0 Å². The van der Waals surface area contributed by atoms with E-state index in [4.69, 9.17) is 5.73 Å². The molecule has 0 saturated carbocycles. The van der Waals surface area contributed by atoms with E-state index in [0.29, 0.717) is 16.1 Å². The minimum atomic E-state index is -0.455. The van der Waals surface area contributed by atoms with Gasteiger partial charge in [-0.05, 0) is 50.3 Å². The largest absolute Gasteiger partial charge is 0.365 e. The van der Waals surface area contributed by atoms with Crippen molar-refractivity contribution in [2.75, 3.05) is 5.32 Å². The number of primary amides is 1. The van der Waals surface area contributed by atoms with E-state index in [9.17, 15) is 9.59 Å². The van der Waals surface area contributed by atoms with Crippen LogP contribution >= 0.6 is 11.3 Å². The van der Waals surface area contributed by atoms with Crippen LogP contribution in [0.1, 0.15) is 56.0 Å². The van der Waals surface area contributed by atoms with Crippen molar-refractivity contribution in [3.63, 3.8) is 0 Å². The van der Waals surface area contributed by atoms with Gasteiger partial charge in [0.05, 0.1) is 5.56 Å². The number of fused-ring (bicyclic) bond motifs is 1. The van der Waals surface area contributed by atoms with Crippen LogP contribution in [0.2, 0.25) is 0 Å².